The summed E-state index contributed by atoms with van der Waals surface area (Å²) in [6, 6.07) is 13.8. The van der Waals surface area contributed by atoms with Gasteiger partial charge < -0.3 is 10.1 Å². The molecule has 26 heavy (non-hydrogen) atoms. The van der Waals surface area contributed by atoms with Crippen LogP contribution in [0.25, 0.3) is 16.7 Å². The summed E-state index contributed by atoms with van der Waals surface area (Å²) < 4.78 is 7.28. The molecule has 5 heteroatoms. The number of fused-ring (bicyclic) bond motifs is 1. The highest BCUT2D eigenvalue weighted by molar-refractivity contribution is 5.92. The first-order valence-electron chi connectivity index (χ1n) is 9.17. The average Bonchev–Trinajstić information content (AvgIpc) is 3.12. The van der Waals surface area contributed by atoms with E-state index >= 15 is 0 Å². The van der Waals surface area contributed by atoms with Crippen LogP contribution in [0.2, 0.25) is 0 Å². The van der Waals surface area contributed by atoms with Crippen molar-refractivity contribution in [1.82, 2.24) is 9.55 Å². The number of benzene rings is 2. The molecule has 0 saturated heterocycles. The van der Waals surface area contributed by atoms with Gasteiger partial charge in [-0.1, -0.05) is 19.3 Å². The van der Waals surface area contributed by atoms with Gasteiger partial charge in [-0.3, -0.25) is 9.36 Å². The number of hydrogen-bond donors (Lipinski definition) is 1. The number of anilines is 1. The Balaban J connectivity index is 1.51. The second-order valence-corrected chi connectivity index (χ2v) is 6.84. The monoisotopic (exact) mass is 349 g/mol. The largest absolute Gasteiger partial charge is 0.497 e. The van der Waals surface area contributed by atoms with Gasteiger partial charge in [0.2, 0.25) is 5.91 Å². The first kappa shape index (κ1) is 16.6. The number of nitrogens with zero attached hydrogens (tertiary/aromatic N) is 2. The molecule has 134 valence electrons. The number of carbonyl (C=O) groups is 1. The second kappa shape index (κ2) is 7.20. The average molecular weight is 349 g/mol. The zero-order chi connectivity index (χ0) is 17.9. The van der Waals surface area contributed by atoms with Gasteiger partial charge in [0.15, 0.2) is 0 Å². The van der Waals surface area contributed by atoms with Crippen LogP contribution in [0, 0.1) is 5.92 Å². The minimum absolute atomic E-state index is 0.151. The second-order valence-electron chi connectivity index (χ2n) is 6.84. The third kappa shape index (κ3) is 3.29. The zero-order valence-electron chi connectivity index (χ0n) is 14.9. The summed E-state index contributed by atoms with van der Waals surface area (Å²) in [4.78, 5) is 16.8. The van der Waals surface area contributed by atoms with Crippen molar-refractivity contribution in [3.63, 3.8) is 0 Å². The van der Waals surface area contributed by atoms with Gasteiger partial charge in [0, 0.05) is 23.4 Å². The topological polar surface area (TPSA) is 56.1 Å². The molecule has 5 nitrogen and oxygen atoms in total. The summed E-state index contributed by atoms with van der Waals surface area (Å²) in [5.41, 5.74) is 3.76. The number of methoxy groups -OCH3 is 1. The Morgan fingerprint density at radius 1 is 1.12 bits per heavy atom. The lowest BCUT2D eigenvalue weighted by atomic mass is 9.88. The van der Waals surface area contributed by atoms with Gasteiger partial charge in [-0.15, -0.1) is 0 Å². The normalized spacial score (nSPS) is 15.1. The van der Waals surface area contributed by atoms with E-state index in [2.05, 4.69) is 10.3 Å². The molecule has 1 fully saturated rings. The predicted molar refractivity (Wildman–Crippen MR) is 103 cm³/mol. The molecular formula is C21H23N3O2. The van der Waals surface area contributed by atoms with Crippen LogP contribution in [-0.4, -0.2) is 22.6 Å². The highest BCUT2D eigenvalue weighted by atomic mass is 16.5. The van der Waals surface area contributed by atoms with E-state index in [1.165, 1.54) is 6.42 Å². The van der Waals surface area contributed by atoms with Crippen LogP contribution in [0.3, 0.4) is 0 Å². The van der Waals surface area contributed by atoms with Gasteiger partial charge in [-0.2, -0.15) is 0 Å². The van der Waals surface area contributed by atoms with Crippen molar-refractivity contribution in [2.75, 3.05) is 12.4 Å². The maximum atomic E-state index is 12.4. The van der Waals surface area contributed by atoms with E-state index in [9.17, 15) is 4.79 Å². The maximum absolute atomic E-state index is 12.4. The van der Waals surface area contributed by atoms with Crippen molar-refractivity contribution in [3.8, 4) is 11.4 Å². The van der Waals surface area contributed by atoms with E-state index < -0.39 is 0 Å². The summed E-state index contributed by atoms with van der Waals surface area (Å²) in [6.07, 6.45) is 7.40. The van der Waals surface area contributed by atoms with Crippen LogP contribution in [0.15, 0.2) is 48.8 Å². The van der Waals surface area contributed by atoms with E-state index in [1.807, 2.05) is 47.0 Å². The fraction of sp³-hybridized carbons (Fsp3) is 0.333. The number of imidazole rings is 1. The van der Waals surface area contributed by atoms with Crippen LogP contribution in [-0.2, 0) is 4.79 Å². The zero-order valence-corrected chi connectivity index (χ0v) is 14.9. The molecule has 0 unspecified atom stereocenters. The molecule has 4 rings (SSSR count). The van der Waals surface area contributed by atoms with Gasteiger partial charge >= 0.3 is 0 Å². The first-order valence-corrected chi connectivity index (χ1v) is 9.17. The molecule has 2 aromatic carbocycles. The van der Waals surface area contributed by atoms with Crippen LogP contribution in [0.4, 0.5) is 5.69 Å². The smallest absolute Gasteiger partial charge is 0.227 e. The Bertz CT molecular complexity index is 909. The molecule has 1 N–H and O–H groups in total. The molecule has 1 amide bonds. The molecular weight excluding hydrogens is 326 g/mol. The molecule has 3 aromatic rings. The highest BCUT2D eigenvalue weighted by Gasteiger charge is 2.21. The molecule has 1 saturated carbocycles. The number of nitrogens with one attached hydrogen (secondary N) is 1. The van der Waals surface area contributed by atoms with Crippen molar-refractivity contribution >= 4 is 22.6 Å². The highest BCUT2D eigenvalue weighted by Crippen LogP contribution is 2.26. The van der Waals surface area contributed by atoms with Crippen molar-refractivity contribution in [1.29, 1.82) is 0 Å². The number of carbonyl (C=O) groups excluding carboxylic acids is 1. The van der Waals surface area contributed by atoms with Crippen LogP contribution in [0.1, 0.15) is 32.1 Å². The van der Waals surface area contributed by atoms with E-state index in [1.54, 1.807) is 13.4 Å². The van der Waals surface area contributed by atoms with E-state index in [4.69, 9.17) is 4.74 Å². The molecule has 1 aliphatic rings. The molecule has 0 aliphatic heterocycles. The van der Waals surface area contributed by atoms with Crippen molar-refractivity contribution < 1.29 is 9.53 Å². The fourth-order valence-electron chi connectivity index (χ4n) is 3.64. The lowest BCUT2D eigenvalue weighted by molar-refractivity contribution is -0.120. The van der Waals surface area contributed by atoms with Crippen LogP contribution < -0.4 is 10.1 Å². The fourth-order valence-corrected chi connectivity index (χ4v) is 3.64. The molecule has 1 aliphatic carbocycles. The number of rotatable bonds is 4. The van der Waals surface area contributed by atoms with Gasteiger partial charge in [-0.25, -0.2) is 4.98 Å². The Morgan fingerprint density at radius 2 is 1.88 bits per heavy atom. The minimum atomic E-state index is 0.151. The Morgan fingerprint density at radius 3 is 2.62 bits per heavy atom. The number of amides is 1. The van der Waals surface area contributed by atoms with Gasteiger partial charge in [0.25, 0.3) is 0 Å². The van der Waals surface area contributed by atoms with Gasteiger partial charge in [0.1, 0.15) is 12.1 Å². The molecule has 0 radical (unpaired) electrons. The quantitative estimate of drug-likeness (QED) is 0.751. The molecule has 1 aromatic heterocycles. The van der Waals surface area contributed by atoms with Crippen LogP contribution in [0.5, 0.6) is 5.75 Å². The van der Waals surface area contributed by atoms with Crippen molar-refractivity contribution in [2.45, 2.75) is 32.1 Å². The number of aromatic nitrogens is 2. The maximum Gasteiger partial charge on any atom is 0.227 e. The summed E-state index contributed by atoms with van der Waals surface area (Å²) in [5.74, 6) is 1.11. The van der Waals surface area contributed by atoms with Gasteiger partial charge in [-0.05, 0) is 49.2 Å². The Labute approximate surface area is 153 Å². The summed E-state index contributed by atoms with van der Waals surface area (Å²) in [6.45, 7) is 0. The van der Waals surface area contributed by atoms with E-state index in [0.717, 1.165) is 53.8 Å². The lowest BCUT2D eigenvalue weighted by Gasteiger charge is -2.20. The number of hydrogen-bond acceptors (Lipinski definition) is 3. The molecule has 1 heterocycles. The van der Waals surface area contributed by atoms with E-state index in [0.29, 0.717) is 0 Å². The van der Waals surface area contributed by atoms with Crippen LogP contribution >= 0.6 is 0 Å². The molecule has 0 bridgehead atoms. The summed E-state index contributed by atoms with van der Waals surface area (Å²) in [7, 11) is 1.65. The SMILES string of the molecule is COc1ccc2c(c1)ncn2-c1ccc(NC(=O)C2CCCCC2)cc1. The predicted octanol–water partition coefficient (Wildman–Crippen LogP) is 4.55. The minimum Gasteiger partial charge on any atom is -0.497 e. The molecule has 0 atom stereocenters. The Hall–Kier alpha value is -2.82. The van der Waals surface area contributed by atoms with Gasteiger partial charge in [0.05, 0.1) is 18.1 Å². The third-order valence-corrected chi connectivity index (χ3v) is 5.14. The van der Waals surface area contributed by atoms with Crippen molar-refractivity contribution in [3.05, 3.63) is 48.8 Å². The lowest BCUT2D eigenvalue weighted by Crippen LogP contribution is -2.24. The first-order chi connectivity index (χ1) is 12.7. The molecule has 0 spiro atoms. The summed E-state index contributed by atoms with van der Waals surface area (Å²) in [5, 5.41) is 3.06. The standard InChI is InChI=1S/C21H23N3O2/c1-26-18-11-12-20-19(13-18)22-14-24(20)17-9-7-16(8-10-17)23-21(25)15-5-3-2-4-6-15/h7-15H,2-6H2,1H3,(H,23,25). The third-order valence-electron chi connectivity index (χ3n) is 5.14. The van der Waals surface area contributed by atoms with E-state index in [-0.39, 0.29) is 11.8 Å². The van der Waals surface area contributed by atoms with Crippen molar-refractivity contribution in [2.24, 2.45) is 5.92 Å². The Kier molecular flexibility index (Phi) is 4.61. The number of ether oxygens (including phenoxy) is 1. The summed E-state index contributed by atoms with van der Waals surface area (Å²) >= 11 is 0.